The molecule has 0 atom stereocenters. The van der Waals surface area contributed by atoms with Gasteiger partial charge in [-0.2, -0.15) is 0 Å². The van der Waals surface area contributed by atoms with E-state index in [0.29, 0.717) is 5.56 Å². The van der Waals surface area contributed by atoms with Gasteiger partial charge in [-0.3, -0.25) is 9.69 Å². The molecule has 0 radical (unpaired) electrons. The number of hydrogen-bond donors (Lipinski definition) is 1. The van der Waals surface area contributed by atoms with Gasteiger partial charge >= 0.3 is 6.09 Å². The van der Waals surface area contributed by atoms with E-state index < -0.39 is 17.4 Å². The lowest BCUT2D eigenvalue weighted by Gasteiger charge is -2.39. The molecule has 1 saturated carbocycles. The highest BCUT2D eigenvalue weighted by Gasteiger charge is 2.57. The highest BCUT2D eigenvalue weighted by molar-refractivity contribution is 9.10. The van der Waals surface area contributed by atoms with Gasteiger partial charge in [0.15, 0.2) is 5.78 Å². The second-order valence-corrected chi connectivity index (χ2v) is 9.59. The number of rotatable bonds is 5. The van der Waals surface area contributed by atoms with Crippen LogP contribution in [0.25, 0.3) is 0 Å². The number of carbonyl (C=O) groups is 2. The quantitative estimate of drug-likeness (QED) is 0.540. The predicted octanol–water partition coefficient (Wildman–Crippen LogP) is 6.19. The second kappa shape index (κ2) is 7.56. The third-order valence-electron chi connectivity index (χ3n) is 5.94. The van der Waals surface area contributed by atoms with Crippen molar-refractivity contribution in [2.24, 2.45) is 5.41 Å². The van der Waals surface area contributed by atoms with Crippen molar-refractivity contribution in [2.45, 2.75) is 52.6 Å². The van der Waals surface area contributed by atoms with Gasteiger partial charge in [0.1, 0.15) is 5.82 Å². The Balaban J connectivity index is 1.99. The van der Waals surface area contributed by atoms with Gasteiger partial charge in [-0.1, -0.05) is 48.8 Å². The maximum absolute atomic E-state index is 13.6. The summed E-state index contributed by atoms with van der Waals surface area (Å²) >= 11 is 3.49. The zero-order chi connectivity index (χ0) is 21.6. The van der Waals surface area contributed by atoms with Crippen molar-refractivity contribution >= 4 is 27.8 Å². The van der Waals surface area contributed by atoms with Crippen molar-refractivity contribution in [1.29, 1.82) is 0 Å². The van der Waals surface area contributed by atoms with Gasteiger partial charge in [0.2, 0.25) is 0 Å². The van der Waals surface area contributed by atoms with E-state index in [2.05, 4.69) is 36.7 Å². The molecule has 2 aromatic rings. The smallest absolute Gasteiger partial charge is 0.408 e. The van der Waals surface area contributed by atoms with Crippen LogP contribution in [0.5, 0.6) is 0 Å². The Bertz CT molecular complexity index is 977. The van der Waals surface area contributed by atoms with E-state index in [0.717, 1.165) is 28.4 Å². The van der Waals surface area contributed by atoms with Crippen molar-refractivity contribution in [3.63, 3.8) is 0 Å². The number of carboxylic acid groups (broad SMARTS) is 1. The van der Waals surface area contributed by atoms with Crippen LogP contribution in [0, 0.1) is 18.2 Å². The molecule has 1 fully saturated rings. The van der Waals surface area contributed by atoms with Gasteiger partial charge in [0, 0.05) is 22.1 Å². The average Bonchev–Trinajstić information content (AvgIpc) is 3.43. The van der Waals surface area contributed by atoms with Gasteiger partial charge < -0.3 is 5.11 Å². The molecule has 0 heterocycles. The molecule has 0 spiro atoms. The van der Waals surface area contributed by atoms with Crippen LogP contribution in [-0.2, 0) is 6.54 Å². The van der Waals surface area contributed by atoms with Crippen molar-refractivity contribution in [3.05, 3.63) is 68.9 Å². The minimum Gasteiger partial charge on any atom is -0.465 e. The molecule has 0 saturated heterocycles. The van der Waals surface area contributed by atoms with Gasteiger partial charge in [-0.25, -0.2) is 9.18 Å². The highest BCUT2D eigenvalue weighted by Crippen LogP contribution is 2.54. The van der Waals surface area contributed by atoms with Gasteiger partial charge in [0.25, 0.3) is 0 Å². The first-order valence-electron chi connectivity index (χ1n) is 9.56. The van der Waals surface area contributed by atoms with Crippen molar-refractivity contribution < 1.29 is 19.1 Å². The maximum atomic E-state index is 13.6. The summed E-state index contributed by atoms with van der Waals surface area (Å²) in [6, 6.07) is 9.16. The number of halogens is 2. The molecule has 0 aromatic heterocycles. The Kier molecular flexibility index (Phi) is 5.60. The SMILES string of the molecule is Cc1c(Br)cc(CN(C(=O)O)C2(C(C)(C)C)CC2)cc1C(=O)c1cccc(F)c1. The normalized spacial score (nSPS) is 15.1. The van der Waals surface area contributed by atoms with Crippen LogP contribution in [0.2, 0.25) is 0 Å². The van der Waals surface area contributed by atoms with Crippen LogP contribution < -0.4 is 0 Å². The van der Waals surface area contributed by atoms with Gasteiger partial charge in [-0.05, 0) is 60.6 Å². The second-order valence-electron chi connectivity index (χ2n) is 8.74. The largest absolute Gasteiger partial charge is 0.465 e. The summed E-state index contributed by atoms with van der Waals surface area (Å²) in [6.45, 7) is 8.17. The Hall–Kier alpha value is -2.21. The maximum Gasteiger partial charge on any atom is 0.408 e. The molecule has 6 heteroatoms. The van der Waals surface area contributed by atoms with E-state index in [1.807, 2.05) is 13.0 Å². The predicted molar refractivity (Wildman–Crippen MR) is 114 cm³/mol. The van der Waals surface area contributed by atoms with Crippen LogP contribution in [0.4, 0.5) is 9.18 Å². The number of benzene rings is 2. The van der Waals surface area contributed by atoms with E-state index in [1.54, 1.807) is 12.1 Å². The van der Waals surface area contributed by atoms with E-state index in [1.165, 1.54) is 23.1 Å². The Morgan fingerprint density at radius 2 is 1.86 bits per heavy atom. The summed E-state index contributed by atoms with van der Waals surface area (Å²) in [4.78, 5) is 26.6. The fourth-order valence-electron chi connectivity index (χ4n) is 3.98. The molecule has 0 unspecified atom stereocenters. The molecule has 1 aliphatic carbocycles. The molecule has 0 aliphatic heterocycles. The topological polar surface area (TPSA) is 57.6 Å². The lowest BCUT2D eigenvalue weighted by Crippen LogP contribution is -2.48. The summed E-state index contributed by atoms with van der Waals surface area (Å²) in [6.07, 6.45) is 0.683. The molecular weight excluding hydrogens is 437 g/mol. The summed E-state index contributed by atoms with van der Waals surface area (Å²) in [7, 11) is 0. The standard InChI is InChI=1S/C23H25BrFNO3/c1-14-18(20(27)16-6-5-7-17(25)12-16)10-15(11-19(14)24)13-26(21(28)29)23(8-9-23)22(2,3)4/h5-7,10-12H,8-9,13H2,1-4H3,(H,28,29). The third-order valence-corrected chi connectivity index (χ3v) is 6.77. The number of amides is 1. The lowest BCUT2D eigenvalue weighted by molar-refractivity contribution is 0.0630. The number of nitrogens with zero attached hydrogens (tertiary/aromatic N) is 1. The van der Waals surface area contributed by atoms with Gasteiger partial charge in [0.05, 0.1) is 5.54 Å². The molecular formula is C23H25BrFNO3. The molecule has 3 rings (SSSR count). The summed E-state index contributed by atoms with van der Waals surface area (Å²) in [5.41, 5.74) is 1.57. The van der Waals surface area contributed by atoms with Gasteiger partial charge in [-0.15, -0.1) is 0 Å². The van der Waals surface area contributed by atoms with Crippen molar-refractivity contribution in [2.75, 3.05) is 0 Å². The van der Waals surface area contributed by atoms with E-state index in [9.17, 15) is 19.1 Å². The molecule has 1 amide bonds. The van der Waals surface area contributed by atoms with Crippen LogP contribution in [0.15, 0.2) is 40.9 Å². The number of ketones is 1. The first-order valence-corrected chi connectivity index (χ1v) is 10.4. The summed E-state index contributed by atoms with van der Waals surface area (Å²) in [5, 5.41) is 9.89. The first-order chi connectivity index (χ1) is 13.5. The molecule has 1 N–H and O–H groups in total. The van der Waals surface area contributed by atoms with E-state index in [-0.39, 0.29) is 23.3 Å². The third kappa shape index (κ3) is 4.08. The fraction of sp³-hybridized carbons (Fsp3) is 0.391. The Morgan fingerprint density at radius 1 is 1.21 bits per heavy atom. The molecule has 29 heavy (non-hydrogen) atoms. The summed E-state index contributed by atoms with van der Waals surface area (Å²) in [5.74, 6) is -0.759. The highest BCUT2D eigenvalue weighted by atomic mass is 79.9. The number of hydrogen-bond acceptors (Lipinski definition) is 2. The Morgan fingerprint density at radius 3 is 2.38 bits per heavy atom. The van der Waals surface area contributed by atoms with Crippen LogP contribution in [-0.4, -0.2) is 27.4 Å². The van der Waals surface area contributed by atoms with Crippen molar-refractivity contribution in [1.82, 2.24) is 4.90 Å². The first kappa shape index (κ1) is 21.5. The fourth-order valence-corrected chi connectivity index (χ4v) is 4.48. The summed E-state index contributed by atoms with van der Waals surface area (Å²) < 4.78 is 14.3. The van der Waals surface area contributed by atoms with E-state index in [4.69, 9.17) is 0 Å². The minimum atomic E-state index is -0.966. The van der Waals surface area contributed by atoms with Crippen molar-refractivity contribution in [3.8, 4) is 0 Å². The molecule has 0 bridgehead atoms. The molecule has 154 valence electrons. The zero-order valence-electron chi connectivity index (χ0n) is 17.1. The minimum absolute atomic E-state index is 0.187. The monoisotopic (exact) mass is 461 g/mol. The molecule has 4 nitrogen and oxygen atoms in total. The Labute approximate surface area is 178 Å². The number of carbonyl (C=O) groups excluding carboxylic acids is 1. The lowest BCUT2D eigenvalue weighted by atomic mass is 9.82. The average molecular weight is 462 g/mol. The van der Waals surface area contributed by atoms with Crippen LogP contribution in [0.1, 0.15) is 60.7 Å². The zero-order valence-corrected chi connectivity index (χ0v) is 18.6. The van der Waals surface area contributed by atoms with Crippen LogP contribution >= 0.6 is 15.9 Å². The molecule has 2 aromatic carbocycles. The van der Waals surface area contributed by atoms with Crippen LogP contribution in [0.3, 0.4) is 0 Å². The molecule has 1 aliphatic rings. The van der Waals surface area contributed by atoms with E-state index >= 15 is 0 Å².